The Balaban J connectivity index is 1.97. The monoisotopic (exact) mass is 276 g/mol. The Bertz CT molecular complexity index is 511. The van der Waals surface area contributed by atoms with E-state index < -0.39 is 0 Å². The Labute approximate surface area is 102 Å². The fourth-order valence-electron chi connectivity index (χ4n) is 1.29. The maximum absolute atomic E-state index is 8.60. The zero-order valence-electron chi connectivity index (χ0n) is 8.40. The summed E-state index contributed by atoms with van der Waals surface area (Å²) in [4.78, 5) is 0. The highest BCUT2D eigenvalue weighted by molar-refractivity contribution is 9.10. The minimum atomic E-state index is 0.340. The van der Waals surface area contributed by atoms with Crippen molar-refractivity contribution in [2.75, 3.05) is 5.32 Å². The second-order valence-corrected chi connectivity index (χ2v) is 4.15. The fraction of sp³-hybridized carbons (Fsp3) is 0.0833. The lowest BCUT2D eigenvalue weighted by molar-refractivity contribution is 0.506. The van der Waals surface area contributed by atoms with Crippen molar-refractivity contribution in [2.45, 2.75) is 6.54 Å². The average molecular weight is 277 g/mol. The third kappa shape index (κ3) is 2.65. The molecule has 0 atom stereocenters. The SMILES string of the molecule is N#Cc1ccc(CNc2ccc(Br)cc2)o1. The van der Waals surface area contributed by atoms with E-state index in [2.05, 4.69) is 21.2 Å². The van der Waals surface area contributed by atoms with Gasteiger partial charge in [-0.3, -0.25) is 0 Å². The quantitative estimate of drug-likeness (QED) is 0.933. The second kappa shape index (κ2) is 4.86. The van der Waals surface area contributed by atoms with Crippen LogP contribution in [0.15, 0.2) is 45.3 Å². The van der Waals surface area contributed by atoms with Crippen molar-refractivity contribution in [1.82, 2.24) is 0 Å². The number of nitrogens with zero attached hydrogens (tertiary/aromatic N) is 1. The van der Waals surface area contributed by atoms with Crippen LogP contribution in [0.1, 0.15) is 11.5 Å². The van der Waals surface area contributed by atoms with Crippen LogP contribution < -0.4 is 5.32 Å². The smallest absolute Gasteiger partial charge is 0.203 e. The van der Waals surface area contributed by atoms with Crippen LogP contribution in [0.25, 0.3) is 0 Å². The molecule has 0 aliphatic rings. The van der Waals surface area contributed by atoms with Gasteiger partial charge in [-0.1, -0.05) is 15.9 Å². The normalized spacial score (nSPS) is 9.75. The van der Waals surface area contributed by atoms with E-state index in [9.17, 15) is 0 Å². The van der Waals surface area contributed by atoms with Crippen molar-refractivity contribution in [2.24, 2.45) is 0 Å². The van der Waals surface area contributed by atoms with Crippen LogP contribution in [-0.4, -0.2) is 0 Å². The molecule has 0 bridgehead atoms. The molecule has 0 amide bonds. The summed E-state index contributed by atoms with van der Waals surface area (Å²) in [7, 11) is 0. The van der Waals surface area contributed by atoms with Crippen molar-refractivity contribution < 1.29 is 4.42 Å². The molecule has 0 fully saturated rings. The minimum Gasteiger partial charge on any atom is -0.449 e. The summed E-state index contributed by atoms with van der Waals surface area (Å²) in [5, 5.41) is 11.8. The van der Waals surface area contributed by atoms with E-state index in [-0.39, 0.29) is 0 Å². The van der Waals surface area contributed by atoms with Crippen molar-refractivity contribution in [1.29, 1.82) is 5.26 Å². The van der Waals surface area contributed by atoms with E-state index in [1.54, 1.807) is 12.1 Å². The zero-order chi connectivity index (χ0) is 11.4. The maximum atomic E-state index is 8.60. The number of hydrogen-bond donors (Lipinski definition) is 1. The summed E-state index contributed by atoms with van der Waals surface area (Å²) < 4.78 is 6.29. The molecule has 0 unspecified atom stereocenters. The van der Waals surface area contributed by atoms with Crippen LogP contribution >= 0.6 is 15.9 Å². The van der Waals surface area contributed by atoms with Gasteiger partial charge in [0.15, 0.2) is 0 Å². The molecule has 0 radical (unpaired) electrons. The maximum Gasteiger partial charge on any atom is 0.203 e. The van der Waals surface area contributed by atoms with E-state index in [0.717, 1.165) is 15.9 Å². The molecule has 16 heavy (non-hydrogen) atoms. The first-order valence-electron chi connectivity index (χ1n) is 4.76. The molecule has 2 aromatic rings. The van der Waals surface area contributed by atoms with Crippen molar-refractivity contribution >= 4 is 21.6 Å². The van der Waals surface area contributed by atoms with Gasteiger partial charge in [0.05, 0.1) is 6.54 Å². The molecule has 1 N–H and O–H groups in total. The molecule has 1 heterocycles. The van der Waals surface area contributed by atoms with Crippen molar-refractivity contribution in [3.8, 4) is 6.07 Å². The summed E-state index contributed by atoms with van der Waals surface area (Å²) in [6.45, 7) is 0.573. The Morgan fingerprint density at radius 3 is 2.56 bits per heavy atom. The number of benzene rings is 1. The predicted molar refractivity (Wildman–Crippen MR) is 64.9 cm³/mol. The standard InChI is InChI=1S/C12H9BrN2O/c13-9-1-3-10(4-2-9)15-8-12-6-5-11(7-14)16-12/h1-6,15H,8H2. The van der Waals surface area contributed by atoms with Gasteiger partial charge < -0.3 is 9.73 Å². The molecule has 2 rings (SSSR count). The molecule has 0 aliphatic heterocycles. The van der Waals surface area contributed by atoms with Gasteiger partial charge in [-0.15, -0.1) is 0 Å². The Kier molecular flexibility index (Phi) is 3.28. The van der Waals surface area contributed by atoms with Gasteiger partial charge in [-0.2, -0.15) is 5.26 Å². The number of nitriles is 1. The average Bonchev–Trinajstić information content (AvgIpc) is 2.76. The van der Waals surface area contributed by atoms with Crippen LogP contribution in [0.3, 0.4) is 0 Å². The Hall–Kier alpha value is -1.73. The first kappa shape index (κ1) is 10.8. The molecule has 1 aromatic carbocycles. The van der Waals surface area contributed by atoms with E-state index in [1.165, 1.54) is 0 Å². The number of hydrogen-bond acceptors (Lipinski definition) is 3. The third-order valence-corrected chi connectivity index (χ3v) is 2.61. The highest BCUT2D eigenvalue weighted by atomic mass is 79.9. The molecular formula is C12H9BrN2O. The summed E-state index contributed by atoms with van der Waals surface area (Å²) in [6, 6.07) is 13.3. The number of halogens is 1. The lowest BCUT2D eigenvalue weighted by atomic mass is 10.3. The summed E-state index contributed by atoms with van der Waals surface area (Å²) in [6.07, 6.45) is 0. The number of rotatable bonds is 3. The summed E-state index contributed by atoms with van der Waals surface area (Å²) in [5.74, 6) is 1.09. The molecule has 0 spiro atoms. The largest absolute Gasteiger partial charge is 0.449 e. The van der Waals surface area contributed by atoms with Gasteiger partial charge in [0.1, 0.15) is 11.8 Å². The number of nitrogens with one attached hydrogen (secondary N) is 1. The van der Waals surface area contributed by atoms with E-state index >= 15 is 0 Å². The van der Waals surface area contributed by atoms with Gasteiger partial charge in [-0.25, -0.2) is 0 Å². The predicted octanol–water partition coefficient (Wildman–Crippen LogP) is 3.53. The number of furan rings is 1. The molecule has 4 heteroatoms. The van der Waals surface area contributed by atoms with Crippen LogP contribution in [0, 0.1) is 11.3 Å². The van der Waals surface area contributed by atoms with Crippen LogP contribution in [0.5, 0.6) is 0 Å². The topological polar surface area (TPSA) is 49.0 Å². The van der Waals surface area contributed by atoms with Crippen molar-refractivity contribution in [3.63, 3.8) is 0 Å². The molecule has 0 saturated carbocycles. The first-order valence-corrected chi connectivity index (χ1v) is 5.55. The molecule has 3 nitrogen and oxygen atoms in total. The molecule has 0 saturated heterocycles. The van der Waals surface area contributed by atoms with Gasteiger partial charge in [0, 0.05) is 10.2 Å². The minimum absolute atomic E-state index is 0.340. The molecular weight excluding hydrogens is 268 g/mol. The van der Waals surface area contributed by atoms with E-state index in [4.69, 9.17) is 9.68 Å². The Morgan fingerprint density at radius 1 is 1.19 bits per heavy atom. The van der Waals surface area contributed by atoms with Gasteiger partial charge in [-0.05, 0) is 36.4 Å². The van der Waals surface area contributed by atoms with Crippen LogP contribution in [0.2, 0.25) is 0 Å². The van der Waals surface area contributed by atoms with Gasteiger partial charge >= 0.3 is 0 Å². The summed E-state index contributed by atoms with van der Waals surface area (Å²) >= 11 is 3.37. The highest BCUT2D eigenvalue weighted by Gasteiger charge is 2.00. The van der Waals surface area contributed by atoms with Gasteiger partial charge in [0.2, 0.25) is 5.76 Å². The molecule has 0 aliphatic carbocycles. The van der Waals surface area contributed by atoms with Crippen molar-refractivity contribution in [3.05, 3.63) is 52.4 Å². The Morgan fingerprint density at radius 2 is 1.94 bits per heavy atom. The zero-order valence-corrected chi connectivity index (χ0v) is 9.99. The lowest BCUT2D eigenvalue weighted by Crippen LogP contribution is -1.97. The van der Waals surface area contributed by atoms with Crippen LogP contribution in [0.4, 0.5) is 5.69 Å². The first-order chi connectivity index (χ1) is 7.78. The van der Waals surface area contributed by atoms with Gasteiger partial charge in [0.25, 0.3) is 0 Å². The number of anilines is 1. The fourth-order valence-corrected chi connectivity index (χ4v) is 1.55. The highest BCUT2D eigenvalue weighted by Crippen LogP contribution is 2.15. The van der Waals surface area contributed by atoms with E-state index in [1.807, 2.05) is 30.3 Å². The van der Waals surface area contributed by atoms with E-state index in [0.29, 0.717) is 12.3 Å². The summed E-state index contributed by atoms with van der Waals surface area (Å²) in [5.41, 5.74) is 1.01. The second-order valence-electron chi connectivity index (χ2n) is 3.24. The molecule has 1 aromatic heterocycles. The third-order valence-electron chi connectivity index (χ3n) is 2.08. The molecule has 80 valence electrons. The lowest BCUT2D eigenvalue weighted by Gasteiger charge is -2.03. The van der Waals surface area contributed by atoms with Crippen LogP contribution in [-0.2, 0) is 6.54 Å².